The first-order valence-electron chi connectivity index (χ1n) is 13.3. The molecule has 6 amide bonds. The second-order valence-corrected chi connectivity index (χ2v) is 10.6. The molecule has 39 heavy (non-hydrogen) atoms. The Labute approximate surface area is 224 Å². The molecule has 0 unspecified atom stereocenters. The number of benzene rings is 2. The van der Waals surface area contributed by atoms with Crippen LogP contribution in [-0.4, -0.2) is 59.9 Å². The minimum atomic E-state index is -1.35. The van der Waals surface area contributed by atoms with E-state index in [-0.39, 0.29) is 37.3 Å². The number of carbonyl (C=O) groups is 4. The maximum absolute atomic E-state index is 13.9. The van der Waals surface area contributed by atoms with E-state index in [0.717, 1.165) is 28.9 Å². The molecule has 1 saturated carbocycles. The number of anilines is 1. The highest BCUT2D eigenvalue weighted by molar-refractivity contribution is 6.10. The summed E-state index contributed by atoms with van der Waals surface area (Å²) in [5, 5.41) is 7.96. The highest BCUT2D eigenvalue weighted by Crippen LogP contribution is 2.43. The lowest BCUT2D eigenvalue weighted by Gasteiger charge is -2.34. The molecule has 11 heteroatoms. The van der Waals surface area contributed by atoms with E-state index >= 15 is 0 Å². The van der Waals surface area contributed by atoms with Crippen LogP contribution in [0.25, 0.3) is 0 Å². The molecule has 204 valence electrons. The molecular weight excluding hydrogens is 505 g/mol. The van der Waals surface area contributed by atoms with Crippen molar-refractivity contribution >= 4 is 29.6 Å². The van der Waals surface area contributed by atoms with E-state index in [1.165, 1.54) is 19.2 Å². The third-order valence-electron chi connectivity index (χ3n) is 8.24. The van der Waals surface area contributed by atoms with E-state index < -0.39 is 23.5 Å². The van der Waals surface area contributed by atoms with Crippen molar-refractivity contribution in [2.75, 3.05) is 25.5 Å². The van der Waals surface area contributed by atoms with Gasteiger partial charge in [-0.25, -0.2) is 14.0 Å². The molecule has 2 fully saturated rings. The maximum atomic E-state index is 13.9. The molecule has 2 aromatic rings. The van der Waals surface area contributed by atoms with E-state index in [9.17, 15) is 23.6 Å². The van der Waals surface area contributed by atoms with Gasteiger partial charge in [-0.3, -0.25) is 14.5 Å². The smallest absolute Gasteiger partial charge is 0.325 e. The highest BCUT2D eigenvalue weighted by atomic mass is 19.1. The lowest BCUT2D eigenvalue weighted by Crippen LogP contribution is -2.49. The van der Waals surface area contributed by atoms with Crippen LogP contribution >= 0.6 is 0 Å². The number of hydrogen-bond acceptors (Lipinski definition) is 5. The molecule has 3 N–H and O–H groups in total. The van der Waals surface area contributed by atoms with Gasteiger partial charge in [0.05, 0.1) is 6.61 Å². The van der Waals surface area contributed by atoms with E-state index in [1.807, 2.05) is 0 Å². The van der Waals surface area contributed by atoms with Gasteiger partial charge in [-0.15, -0.1) is 0 Å². The van der Waals surface area contributed by atoms with E-state index in [1.54, 1.807) is 29.2 Å². The number of nitrogens with zero attached hydrogens (tertiary/aromatic N) is 2. The Morgan fingerprint density at radius 3 is 2.72 bits per heavy atom. The van der Waals surface area contributed by atoms with Crippen molar-refractivity contribution in [3.63, 3.8) is 0 Å². The average Bonchev–Trinajstić information content (AvgIpc) is 3.75. The predicted molar refractivity (Wildman–Crippen MR) is 138 cm³/mol. The summed E-state index contributed by atoms with van der Waals surface area (Å²) in [6, 6.07) is 8.50. The van der Waals surface area contributed by atoms with Crippen LogP contribution in [0.2, 0.25) is 0 Å². The number of rotatable bonds is 4. The SMILES string of the molecule is CNC(=O)Nc1ccc2c(c1)OCC[C@@]21NC(=O)N(CC(=O)N2Cc3ccc(F)cc3CC[C@H]2C2CC2)C1=O. The molecule has 10 nitrogen and oxygen atoms in total. The van der Waals surface area contributed by atoms with Gasteiger partial charge < -0.3 is 25.6 Å². The molecule has 2 atom stereocenters. The molecule has 4 aliphatic rings. The fraction of sp³-hybridized carbons (Fsp3) is 0.429. The van der Waals surface area contributed by atoms with Crippen LogP contribution in [-0.2, 0) is 28.1 Å². The number of amides is 6. The number of aryl methyl sites for hydroxylation is 1. The molecule has 0 bridgehead atoms. The molecule has 0 radical (unpaired) electrons. The monoisotopic (exact) mass is 535 g/mol. The van der Waals surface area contributed by atoms with E-state index in [2.05, 4.69) is 16.0 Å². The molecule has 2 aromatic carbocycles. The lowest BCUT2D eigenvalue weighted by atomic mass is 9.84. The number of urea groups is 2. The third-order valence-corrected chi connectivity index (χ3v) is 8.24. The zero-order valence-corrected chi connectivity index (χ0v) is 21.6. The number of halogens is 1. The molecule has 1 aliphatic carbocycles. The van der Waals surface area contributed by atoms with E-state index in [0.29, 0.717) is 42.3 Å². The first-order valence-corrected chi connectivity index (χ1v) is 13.3. The summed E-state index contributed by atoms with van der Waals surface area (Å²) in [5.41, 5.74) is 1.39. The van der Waals surface area contributed by atoms with Gasteiger partial charge in [0.2, 0.25) is 5.91 Å². The quantitative estimate of drug-likeness (QED) is 0.520. The van der Waals surface area contributed by atoms with Crippen molar-refractivity contribution in [3.05, 3.63) is 58.9 Å². The molecule has 3 aliphatic heterocycles. The van der Waals surface area contributed by atoms with Gasteiger partial charge in [-0.05, 0) is 60.9 Å². The Kier molecular flexibility index (Phi) is 6.16. The fourth-order valence-corrected chi connectivity index (χ4v) is 6.05. The van der Waals surface area contributed by atoms with Gasteiger partial charge in [-0.2, -0.15) is 0 Å². The topological polar surface area (TPSA) is 120 Å². The van der Waals surface area contributed by atoms with Gasteiger partial charge in [-0.1, -0.05) is 12.1 Å². The number of carbonyl (C=O) groups excluding carboxylic acids is 4. The summed E-state index contributed by atoms with van der Waals surface area (Å²) in [6.07, 6.45) is 3.66. The Balaban J connectivity index is 1.24. The van der Waals surface area contributed by atoms with Gasteiger partial charge in [0.15, 0.2) is 5.54 Å². The van der Waals surface area contributed by atoms with Crippen LogP contribution in [0, 0.1) is 11.7 Å². The molecule has 1 spiro atoms. The molecule has 6 rings (SSSR count). The lowest BCUT2D eigenvalue weighted by molar-refractivity contribution is -0.141. The van der Waals surface area contributed by atoms with Gasteiger partial charge in [0, 0.05) is 43.4 Å². The van der Waals surface area contributed by atoms with Crippen LogP contribution < -0.4 is 20.7 Å². The van der Waals surface area contributed by atoms with E-state index in [4.69, 9.17) is 4.74 Å². The van der Waals surface area contributed by atoms with Gasteiger partial charge >= 0.3 is 12.1 Å². The number of imide groups is 1. The summed E-state index contributed by atoms with van der Waals surface area (Å²) >= 11 is 0. The van der Waals surface area contributed by atoms with Crippen molar-refractivity contribution in [2.45, 2.75) is 50.2 Å². The first kappa shape index (κ1) is 25.1. The highest BCUT2D eigenvalue weighted by Gasteiger charge is 2.55. The maximum Gasteiger partial charge on any atom is 0.325 e. The normalized spacial score (nSPS) is 23.9. The second-order valence-electron chi connectivity index (χ2n) is 10.6. The third kappa shape index (κ3) is 4.45. The Morgan fingerprint density at radius 2 is 1.95 bits per heavy atom. The van der Waals surface area contributed by atoms with Gasteiger partial charge in [0.25, 0.3) is 5.91 Å². The van der Waals surface area contributed by atoms with Crippen molar-refractivity contribution in [2.24, 2.45) is 5.92 Å². The Morgan fingerprint density at radius 1 is 1.13 bits per heavy atom. The molecule has 1 saturated heterocycles. The van der Waals surface area contributed by atoms with Crippen LogP contribution in [0.3, 0.4) is 0 Å². The summed E-state index contributed by atoms with van der Waals surface area (Å²) in [6.45, 7) is 0.119. The first-order chi connectivity index (χ1) is 18.8. The van der Waals surface area contributed by atoms with Crippen LogP contribution in [0.15, 0.2) is 36.4 Å². The minimum Gasteiger partial charge on any atom is -0.493 e. The standard InChI is InChI=1S/C28H30FN5O5/c1-30-26(37)31-20-7-8-21-23(13-20)39-11-10-28(21)25(36)34(27(38)32-28)15-24(35)33-14-18-4-6-19(29)12-17(18)5-9-22(33)16-2-3-16/h4,6-8,12-13,16,22H,2-3,5,9-11,14-15H2,1H3,(H,32,38)(H2,30,31,37)/t22-,28+/m0/s1. The predicted octanol–water partition coefficient (Wildman–Crippen LogP) is 2.86. The van der Waals surface area contributed by atoms with Crippen LogP contribution in [0.4, 0.5) is 19.7 Å². The summed E-state index contributed by atoms with van der Waals surface area (Å²) in [4.78, 5) is 55.2. The second kappa shape index (κ2) is 9.55. The average molecular weight is 536 g/mol. The minimum absolute atomic E-state index is 0.0160. The summed E-state index contributed by atoms with van der Waals surface area (Å²) < 4.78 is 19.7. The molecule has 0 aromatic heterocycles. The number of hydrogen-bond donors (Lipinski definition) is 3. The number of fused-ring (bicyclic) bond motifs is 3. The van der Waals surface area contributed by atoms with Crippen LogP contribution in [0.1, 0.15) is 42.4 Å². The fourth-order valence-electron chi connectivity index (χ4n) is 6.05. The van der Waals surface area contributed by atoms with Gasteiger partial charge in [0.1, 0.15) is 18.1 Å². The molecular formula is C28H30FN5O5. The number of ether oxygens (including phenoxy) is 1. The van der Waals surface area contributed by atoms with Crippen LogP contribution in [0.5, 0.6) is 5.75 Å². The Bertz CT molecular complexity index is 1380. The van der Waals surface area contributed by atoms with Crippen molar-refractivity contribution < 1.29 is 28.3 Å². The molecule has 3 heterocycles. The Hall–Kier alpha value is -4.15. The largest absolute Gasteiger partial charge is 0.493 e. The van der Waals surface area contributed by atoms with Crippen molar-refractivity contribution in [3.8, 4) is 5.75 Å². The van der Waals surface area contributed by atoms with Crippen molar-refractivity contribution in [1.29, 1.82) is 0 Å². The van der Waals surface area contributed by atoms with Crippen molar-refractivity contribution in [1.82, 2.24) is 20.4 Å². The number of nitrogens with one attached hydrogen (secondary N) is 3. The zero-order valence-electron chi connectivity index (χ0n) is 21.6. The summed E-state index contributed by atoms with van der Waals surface area (Å²) in [7, 11) is 1.50. The zero-order chi connectivity index (χ0) is 27.3. The summed E-state index contributed by atoms with van der Waals surface area (Å²) in [5.74, 6) is -0.348.